The fourth-order valence-electron chi connectivity index (χ4n) is 7.45. The molecule has 5 nitrogen and oxygen atoms in total. The first-order valence-electron chi connectivity index (χ1n) is 16.2. The molecule has 230 valence electrons. The summed E-state index contributed by atoms with van der Waals surface area (Å²) in [5.74, 6) is 0. The van der Waals surface area contributed by atoms with Crippen LogP contribution in [0, 0.1) is 19.7 Å². The van der Waals surface area contributed by atoms with Crippen LogP contribution in [0.15, 0.2) is 152 Å². The summed E-state index contributed by atoms with van der Waals surface area (Å²) < 4.78 is 4.50. The summed E-state index contributed by atoms with van der Waals surface area (Å²) in [6.07, 6.45) is 0. The Hall–Kier alpha value is -7.39. The molecule has 0 radical (unpaired) electrons. The molecule has 0 amide bonds. The van der Waals surface area contributed by atoms with Crippen molar-refractivity contribution in [3.63, 3.8) is 0 Å². The van der Waals surface area contributed by atoms with E-state index < -0.39 is 0 Å². The summed E-state index contributed by atoms with van der Waals surface area (Å²) in [6, 6.07) is 51.2. The zero-order chi connectivity index (χ0) is 33.8. The van der Waals surface area contributed by atoms with E-state index in [0.717, 1.165) is 66.5 Å². The van der Waals surface area contributed by atoms with Gasteiger partial charge in [0.2, 0.25) is 0 Å². The van der Waals surface area contributed by atoms with Gasteiger partial charge >= 0.3 is 0 Å². The van der Waals surface area contributed by atoms with Gasteiger partial charge in [0.25, 0.3) is 0 Å². The highest BCUT2D eigenvalue weighted by Crippen LogP contribution is 2.44. The van der Waals surface area contributed by atoms with Crippen molar-refractivity contribution < 1.29 is 0 Å². The van der Waals surface area contributed by atoms with Gasteiger partial charge in [-0.05, 0) is 76.7 Å². The fourth-order valence-corrected chi connectivity index (χ4v) is 7.45. The maximum atomic E-state index is 7.94. The van der Waals surface area contributed by atoms with Crippen molar-refractivity contribution >= 4 is 60.7 Å². The Kier molecular flexibility index (Phi) is 6.56. The number of rotatable bonds is 4. The minimum atomic E-state index is 0.528. The van der Waals surface area contributed by atoms with Gasteiger partial charge in [-0.2, -0.15) is 0 Å². The van der Waals surface area contributed by atoms with Gasteiger partial charge in [-0.15, -0.1) is 0 Å². The van der Waals surface area contributed by atoms with E-state index in [9.17, 15) is 0 Å². The molecule has 0 fully saturated rings. The SMILES string of the molecule is [C-]#[N+]c1ccc(-c2cccc(-n3c4ccccc4c4ccccc43)c2)c(-c2ccccc2-n2c3ccc([N+]#[C-])cc3c3c([N+]#[C-])cccc32)c1. The monoisotopic (exact) mass is 635 g/mol. The molecule has 2 aromatic heterocycles. The molecule has 0 bridgehead atoms. The molecular formula is C45H25N5. The second-order valence-electron chi connectivity index (χ2n) is 12.2. The molecule has 7 aromatic carbocycles. The highest BCUT2D eigenvalue weighted by molar-refractivity contribution is 6.16. The summed E-state index contributed by atoms with van der Waals surface area (Å²) in [6.45, 7) is 23.5. The van der Waals surface area contributed by atoms with E-state index in [1.54, 1.807) is 0 Å². The van der Waals surface area contributed by atoms with Crippen molar-refractivity contribution in [2.24, 2.45) is 0 Å². The number of aromatic nitrogens is 2. The van der Waals surface area contributed by atoms with Crippen molar-refractivity contribution in [3.05, 3.63) is 186 Å². The zero-order valence-electron chi connectivity index (χ0n) is 26.7. The lowest BCUT2D eigenvalue weighted by atomic mass is 9.92. The number of hydrogen-bond donors (Lipinski definition) is 0. The minimum absolute atomic E-state index is 0.528. The van der Waals surface area contributed by atoms with Crippen LogP contribution in [-0.4, -0.2) is 9.13 Å². The van der Waals surface area contributed by atoms with E-state index in [-0.39, 0.29) is 0 Å². The summed E-state index contributed by atoms with van der Waals surface area (Å²) in [5, 5.41) is 4.11. The third-order valence-electron chi connectivity index (χ3n) is 9.56. The van der Waals surface area contributed by atoms with Crippen molar-refractivity contribution in [2.45, 2.75) is 0 Å². The summed E-state index contributed by atoms with van der Waals surface area (Å²) in [5.41, 5.74) is 11.6. The highest BCUT2D eigenvalue weighted by Gasteiger charge is 2.20. The molecule has 0 unspecified atom stereocenters. The Balaban J connectivity index is 1.30. The molecule has 2 heterocycles. The van der Waals surface area contributed by atoms with Crippen LogP contribution in [0.2, 0.25) is 0 Å². The van der Waals surface area contributed by atoms with Gasteiger partial charge in [0.1, 0.15) is 0 Å². The maximum absolute atomic E-state index is 7.94. The van der Waals surface area contributed by atoms with Gasteiger partial charge < -0.3 is 9.13 Å². The average molecular weight is 636 g/mol. The van der Waals surface area contributed by atoms with Crippen molar-refractivity contribution in [1.29, 1.82) is 0 Å². The van der Waals surface area contributed by atoms with Crippen LogP contribution in [0.4, 0.5) is 17.1 Å². The molecule has 0 aliphatic carbocycles. The molecule has 5 heteroatoms. The smallest absolute Gasteiger partial charge is 0.197 e. The third-order valence-corrected chi connectivity index (χ3v) is 9.56. The van der Waals surface area contributed by atoms with E-state index >= 15 is 0 Å². The first-order chi connectivity index (χ1) is 24.7. The Bertz CT molecular complexity index is 2920. The Morgan fingerprint density at radius 2 is 1.04 bits per heavy atom. The van der Waals surface area contributed by atoms with E-state index in [2.05, 4.69) is 115 Å². The second-order valence-corrected chi connectivity index (χ2v) is 12.2. The predicted octanol–water partition coefficient (Wildman–Crippen LogP) is 12.9. The van der Waals surface area contributed by atoms with Gasteiger partial charge in [0.15, 0.2) is 17.1 Å². The van der Waals surface area contributed by atoms with Gasteiger partial charge in [-0.3, -0.25) is 0 Å². The van der Waals surface area contributed by atoms with E-state index in [4.69, 9.17) is 19.7 Å². The highest BCUT2D eigenvalue weighted by atomic mass is 15.0. The first kappa shape index (κ1) is 28.8. The molecule has 0 saturated heterocycles. The van der Waals surface area contributed by atoms with E-state index in [0.29, 0.717) is 17.1 Å². The fraction of sp³-hybridized carbons (Fsp3) is 0. The van der Waals surface area contributed by atoms with E-state index in [1.165, 1.54) is 10.8 Å². The van der Waals surface area contributed by atoms with Crippen LogP contribution in [0.25, 0.3) is 91.8 Å². The number of fused-ring (bicyclic) bond motifs is 6. The van der Waals surface area contributed by atoms with Crippen LogP contribution < -0.4 is 0 Å². The summed E-state index contributed by atoms with van der Waals surface area (Å²) >= 11 is 0. The molecular weight excluding hydrogens is 611 g/mol. The van der Waals surface area contributed by atoms with E-state index in [1.807, 2.05) is 60.7 Å². The molecule has 0 atom stereocenters. The quantitative estimate of drug-likeness (QED) is 0.172. The minimum Gasteiger partial charge on any atom is -0.310 e. The number of para-hydroxylation sites is 3. The van der Waals surface area contributed by atoms with Crippen LogP contribution in [-0.2, 0) is 0 Å². The van der Waals surface area contributed by atoms with Gasteiger partial charge in [0.05, 0.1) is 42.0 Å². The largest absolute Gasteiger partial charge is 0.310 e. The lowest BCUT2D eigenvalue weighted by Gasteiger charge is -2.18. The van der Waals surface area contributed by atoms with Crippen LogP contribution in [0.5, 0.6) is 0 Å². The third kappa shape index (κ3) is 4.31. The van der Waals surface area contributed by atoms with Crippen molar-refractivity contribution in [3.8, 4) is 33.6 Å². The average Bonchev–Trinajstić information content (AvgIpc) is 3.70. The summed E-state index contributed by atoms with van der Waals surface area (Å²) in [7, 11) is 0. The molecule has 9 aromatic rings. The van der Waals surface area contributed by atoms with Crippen molar-refractivity contribution in [2.75, 3.05) is 0 Å². The predicted molar refractivity (Wildman–Crippen MR) is 205 cm³/mol. The summed E-state index contributed by atoms with van der Waals surface area (Å²) in [4.78, 5) is 11.4. The molecule has 50 heavy (non-hydrogen) atoms. The molecule has 0 aliphatic rings. The lowest BCUT2D eigenvalue weighted by molar-refractivity contribution is 1.18. The van der Waals surface area contributed by atoms with Crippen molar-refractivity contribution in [1.82, 2.24) is 9.13 Å². The number of hydrogen-bond acceptors (Lipinski definition) is 0. The first-order valence-corrected chi connectivity index (χ1v) is 16.2. The van der Waals surface area contributed by atoms with Crippen LogP contribution in [0.3, 0.4) is 0 Å². The zero-order valence-corrected chi connectivity index (χ0v) is 26.7. The number of nitrogens with zero attached hydrogens (tertiary/aromatic N) is 5. The maximum Gasteiger partial charge on any atom is 0.197 e. The molecule has 9 rings (SSSR count). The van der Waals surface area contributed by atoms with Crippen LogP contribution >= 0.6 is 0 Å². The topological polar surface area (TPSA) is 22.9 Å². The van der Waals surface area contributed by atoms with Gasteiger partial charge in [-0.1, -0.05) is 97.1 Å². The standard InChI is InChI=1S/C45H25N5/c1-46-30-22-24-33(29-12-10-13-32(26-29)49-40-18-7-4-14-34(40)35-15-5-8-19-41(35)49)37(27-30)36-16-6-9-20-42(36)50-43-25-23-31(47-2)28-38(43)45-39(48-3)17-11-21-44(45)50/h4-28H. The van der Waals surface area contributed by atoms with Gasteiger partial charge in [-0.25, -0.2) is 14.5 Å². The van der Waals surface area contributed by atoms with Crippen LogP contribution in [0.1, 0.15) is 0 Å². The van der Waals surface area contributed by atoms with Gasteiger partial charge in [0, 0.05) is 32.9 Å². The Labute approximate surface area is 288 Å². The molecule has 0 saturated carbocycles. The molecule has 0 spiro atoms. The normalized spacial score (nSPS) is 11.1. The Morgan fingerprint density at radius 1 is 0.400 bits per heavy atom. The second kappa shape index (κ2) is 11.4. The number of benzene rings is 7. The molecule has 0 aliphatic heterocycles. The molecule has 0 N–H and O–H groups in total. The Morgan fingerprint density at radius 3 is 1.80 bits per heavy atom. The lowest BCUT2D eigenvalue weighted by Crippen LogP contribution is -1.98.